The molecule has 1 atom stereocenters. The second-order valence-corrected chi connectivity index (χ2v) is 6.15. The zero-order chi connectivity index (χ0) is 15.1. The molecular formula is C16H27ClN2O. The summed E-state index contributed by atoms with van der Waals surface area (Å²) in [5.41, 5.74) is 2.43. The molecule has 0 fully saturated rings. The first-order valence-corrected chi connectivity index (χ1v) is 7.54. The van der Waals surface area contributed by atoms with Gasteiger partial charge in [0.15, 0.2) is 0 Å². The molecule has 0 aliphatic heterocycles. The second kappa shape index (κ2) is 8.50. The smallest absolute Gasteiger partial charge is 0.0663 e. The summed E-state index contributed by atoms with van der Waals surface area (Å²) in [4.78, 5) is 2.22. The largest absolute Gasteiger partial charge is 0.383 e. The lowest BCUT2D eigenvalue weighted by molar-refractivity contribution is 0.183. The van der Waals surface area contributed by atoms with E-state index < -0.39 is 0 Å². The van der Waals surface area contributed by atoms with Crippen molar-refractivity contribution in [2.75, 3.05) is 32.2 Å². The second-order valence-electron chi connectivity index (χ2n) is 5.71. The minimum Gasteiger partial charge on any atom is -0.383 e. The molecule has 0 saturated carbocycles. The number of nitrogens with one attached hydrogen (secondary N) is 1. The lowest BCUT2D eigenvalue weighted by atomic mass is 10.1. The van der Waals surface area contributed by atoms with Gasteiger partial charge in [0.05, 0.1) is 6.61 Å². The first-order chi connectivity index (χ1) is 9.45. The summed E-state index contributed by atoms with van der Waals surface area (Å²) in [5, 5.41) is 4.25. The van der Waals surface area contributed by atoms with Gasteiger partial charge in [0.1, 0.15) is 0 Å². The summed E-state index contributed by atoms with van der Waals surface area (Å²) in [5.74, 6) is 0.649. The number of ether oxygens (including phenoxy) is 1. The highest BCUT2D eigenvalue weighted by molar-refractivity contribution is 6.30. The third kappa shape index (κ3) is 5.31. The van der Waals surface area contributed by atoms with E-state index >= 15 is 0 Å². The summed E-state index contributed by atoms with van der Waals surface area (Å²) in [6, 6.07) is 6.38. The Morgan fingerprint density at radius 3 is 2.60 bits per heavy atom. The molecule has 1 unspecified atom stereocenters. The number of nitrogens with zero attached hydrogens (tertiary/aromatic N) is 1. The van der Waals surface area contributed by atoms with E-state index in [1.165, 1.54) is 11.3 Å². The quantitative estimate of drug-likeness (QED) is 0.794. The Bertz CT molecular complexity index is 409. The predicted octanol–water partition coefficient (Wildman–Crippen LogP) is 3.56. The minimum atomic E-state index is 0.308. The molecule has 1 N–H and O–H groups in total. The van der Waals surface area contributed by atoms with Crippen molar-refractivity contribution in [1.82, 2.24) is 5.32 Å². The maximum atomic E-state index is 6.15. The van der Waals surface area contributed by atoms with Gasteiger partial charge in [0.25, 0.3) is 0 Å². The normalized spacial score (nSPS) is 12.8. The van der Waals surface area contributed by atoms with Crippen LogP contribution in [0.25, 0.3) is 0 Å². The highest BCUT2D eigenvalue weighted by Gasteiger charge is 2.14. The average molecular weight is 299 g/mol. The molecule has 0 amide bonds. The molecule has 1 aromatic carbocycles. The van der Waals surface area contributed by atoms with Crippen LogP contribution in [-0.2, 0) is 11.3 Å². The summed E-state index contributed by atoms with van der Waals surface area (Å²) in [7, 11) is 3.81. The fourth-order valence-electron chi connectivity index (χ4n) is 2.10. The lowest BCUT2D eigenvalue weighted by Gasteiger charge is -2.29. The van der Waals surface area contributed by atoms with Crippen molar-refractivity contribution in [1.29, 1.82) is 0 Å². The van der Waals surface area contributed by atoms with Crippen LogP contribution in [0.1, 0.15) is 26.3 Å². The third-order valence-corrected chi connectivity index (χ3v) is 3.60. The molecule has 0 saturated heterocycles. The van der Waals surface area contributed by atoms with Crippen LogP contribution in [0.3, 0.4) is 0 Å². The Hall–Kier alpha value is -0.770. The van der Waals surface area contributed by atoms with Crippen LogP contribution >= 0.6 is 11.6 Å². The van der Waals surface area contributed by atoms with Crippen molar-refractivity contribution in [3.8, 4) is 0 Å². The Kier molecular flexibility index (Phi) is 7.35. The van der Waals surface area contributed by atoms with E-state index in [4.69, 9.17) is 16.3 Å². The first-order valence-electron chi connectivity index (χ1n) is 7.16. The molecular weight excluding hydrogens is 272 g/mol. The average Bonchev–Trinajstić information content (AvgIpc) is 2.39. The molecule has 0 bridgehead atoms. The van der Waals surface area contributed by atoms with Gasteiger partial charge in [-0.1, -0.05) is 31.5 Å². The number of benzene rings is 1. The van der Waals surface area contributed by atoms with Gasteiger partial charge in [0, 0.05) is 37.5 Å². The molecule has 4 heteroatoms. The van der Waals surface area contributed by atoms with Crippen LogP contribution in [0.5, 0.6) is 0 Å². The van der Waals surface area contributed by atoms with Gasteiger partial charge in [0.2, 0.25) is 0 Å². The number of hydrogen-bond donors (Lipinski definition) is 1. The summed E-state index contributed by atoms with van der Waals surface area (Å²) in [6.07, 6.45) is 0. The Morgan fingerprint density at radius 2 is 2.00 bits per heavy atom. The molecule has 0 radical (unpaired) electrons. The lowest BCUT2D eigenvalue weighted by Crippen LogP contribution is -2.33. The van der Waals surface area contributed by atoms with Crippen LogP contribution in [0, 0.1) is 5.92 Å². The van der Waals surface area contributed by atoms with Gasteiger partial charge in [-0.2, -0.15) is 0 Å². The molecule has 20 heavy (non-hydrogen) atoms. The third-order valence-electron chi connectivity index (χ3n) is 3.36. The Balaban J connectivity index is 2.83. The first kappa shape index (κ1) is 17.3. The molecule has 0 aromatic heterocycles. The van der Waals surface area contributed by atoms with Gasteiger partial charge in [-0.25, -0.2) is 0 Å². The zero-order valence-electron chi connectivity index (χ0n) is 13.2. The zero-order valence-corrected chi connectivity index (χ0v) is 14.0. The standard InChI is InChI=1S/C16H27ClN2O/c1-12(2)9-18-10-14-6-7-15(17)8-16(14)19(4)13(3)11-20-5/h6-8,12-13,18H,9-11H2,1-5H3. The minimum absolute atomic E-state index is 0.308. The van der Waals surface area contributed by atoms with E-state index in [0.29, 0.717) is 18.6 Å². The summed E-state index contributed by atoms with van der Waals surface area (Å²) < 4.78 is 5.24. The number of hydrogen-bond acceptors (Lipinski definition) is 3. The number of methoxy groups -OCH3 is 1. The van der Waals surface area contributed by atoms with Crippen molar-refractivity contribution in [2.24, 2.45) is 5.92 Å². The van der Waals surface area contributed by atoms with E-state index in [2.05, 4.69) is 44.1 Å². The van der Waals surface area contributed by atoms with E-state index in [1.54, 1.807) is 7.11 Å². The molecule has 1 aromatic rings. The monoisotopic (exact) mass is 298 g/mol. The van der Waals surface area contributed by atoms with E-state index in [-0.39, 0.29) is 0 Å². The number of rotatable bonds is 8. The maximum Gasteiger partial charge on any atom is 0.0663 e. The molecule has 1 rings (SSSR count). The van der Waals surface area contributed by atoms with Crippen molar-refractivity contribution in [3.05, 3.63) is 28.8 Å². The predicted molar refractivity (Wildman–Crippen MR) is 87.7 cm³/mol. The van der Waals surface area contributed by atoms with Crippen LogP contribution in [0.15, 0.2) is 18.2 Å². The SMILES string of the molecule is COCC(C)N(C)c1cc(Cl)ccc1CNCC(C)C. The van der Waals surface area contributed by atoms with Crippen LogP contribution in [-0.4, -0.2) is 33.4 Å². The fourth-order valence-corrected chi connectivity index (χ4v) is 2.27. The van der Waals surface area contributed by atoms with Crippen LogP contribution in [0.2, 0.25) is 5.02 Å². The van der Waals surface area contributed by atoms with Gasteiger partial charge < -0.3 is 15.0 Å². The van der Waals surface area contributed by atoms with Crippen molar-refractivity contribution >= 4 is 17.3 Å². The van der Waals surface area contributed by atoms with Gasteiger partial charge >= 0.3 is 0 Å². The van der Waals surface area contributed by atoms with Gasteiger partial charge in [-0.05, 0) is 37.1 Å². The molecule has 0 heterocycles. The highest BCUT2D eigenvalue weighted by Crippen LogP contribution is 2.25. The van der Waals surface area contributed by atoms with E-state index in [9.17, 15) is 0 Å². The number of anilines is 1. The van der Waals surface area contributed by atoms with E-state index in [0.717, 1.165) is 18.1 Å². The van der Waals surface area contributed by atoms with Crippen LogP contribution < -0.4 is 10.2 Å². The molecule has 0 spiro atoms. The Labute approximate surface area is 128 Å². The molecule has 0 aliphatic carbocycles. The summed E-state index contributed by atoms with van der Waals surface area (Å²) in [6.45, 7) is 9.14. The fraction of sp³-hybridized carbons (Fsp3) is 0.625. The molecule has 114 valence electrons. The van der Waals surface area contributed by atoms with Crippen molar-refractivity contribution in [3.63, 3.8) is 0 Å². The Morgan fingerprint density at radius 1 is 1.30 bits per heavy atom. The van der Waals surface area contributed by atoms with Gasteiger partial charge in [-0.15, -0.1) is 0 Å². The summed E-state index contributed by atoms with van der Waals surface area (Å²) >= 11 is 6.15. The maximum absolute atomic E-state index is 6.15. The molecule has 0 aliphatic rings. The number of halogens is 1. The topological polar surface area (TPSA) is 24.5 Å². The van der Waals surface area contributed by atoms with Crippen molar-refractivity contribution in [2.45, 2.75) is 33.4 Å². The van der Waals surface area contributed by atoms with Crippen molar-refractivity contribution < 1.29 is 4.74 Å². The highest BCUT2D eigenvalue weighted by atomic mass is 35.5. The van der Waals surface area contributed by atoms with Crippen LogP contribution in [0.4, 0.5) is 5.69 Å². The van der Waals surface area contributed by atoms with Gasteiger partial charge in [-0.3, -0.25) is 0 Å². The van der Waals surface area contributed by atoms with E-state index in [1.807, 2.05) is 12.1 Å². The molecule has 3 nitrogen and oxygen atoms in total. The number of likely N-dealkylation sites (N-methyl/N-ethyl adjacent to an activating group) is 1.